The summed E-state index contributed by atoms with van der Waals surface area (Å²) < 4.78 is 13.6. The molecular formula is C18H18FNO3. The first-order chi connectivity index (χ1) is 11.0. The summed E-state index contributed by atoms with van der Waals surface area (Å²) in [4.78, 5) is 23.4. The molecule has 0 aromatic heterocycles. The summed E-state index contributed by atoms with van der Waals surface area (Å²) in [5, 5.41) is 12.0. The molecule has 0 saturated carbocycles. The molecule has 2 rings (SSSR count). The van der Waals surface area contributed by atoms with Crippen LogP contribution in [0.5, 0.6) is 0 Å². The van der Waals surface area contributed by atoms with Gasteiger partial charge in [-0.1, -0.05) is 49.4 Å². The number of amides is 1. The van der Waals surface area contributed by atoms with Gasteiger partial charge in [0.2, 0.25) is 5.91 Å². The van der Waals surface area contributed by atoms with Crippen LogP contribution >= 0.6 is 0 Å². The number of carbonyl (C=O) groups excluding carboxylic acids is 1. The zero-order valence-corrected chi connectivity index (χ0v) is 12.8. The molecule has 2 N–H and O–H groups in total. The van der Waals surface area contributed by atoms with E-state index in [1.807, 2.05) is 37.3 Å². The maximum atomic E-state index is 13.6. The number of aromatic carboxylic acids is 1. The van der Waals surface area contributed by atoms with Gasteiger partial charge in [0.05, 0.1) is 18.0 Å². The molecule has 0 spiro atoms. The molecule has 0 aliphatic rings. The fourth-order valence-electron chi connectivity index (χ4n) is 2.48. The standard InChI is InChI=1S/C18H18FNO3/c1-2-15(12-7-4-3-5-8-12)20-16(21)11-13-9-6-10-14(19)17(13)18(22)23/h3-10,15H,2,11H2,1H3,(H,20,21)(H,22,23)/t15-/m0/s1. The minimum absolute atomic E-state index is 0.162. The van der Waals surface area contributed by atoms with Crippen LogP contribution in [0.1, 0.15) is 40.9 Å². The predicted octanol–water partition coefficient (Wildman–Crippen LogP) is 3.33. The maximum Gasteiger partial charge on any atom is 0.338 e. The molecule has 0 saturated heterocycles. The number of benzene rings is 2. The van der Waals surface area contributed by atoms with Gasteiger partial charge in [-0.15, -0.1) is 0 Å². The molecular weight excluding hydrogens is 297 g/mol. The van der Waals surface area contributed by atoms with E-state index in [0.29, 0.717) is 6.42 Å². The van der Waals surface area contributed by atoms with E-state index in [1.54, 1.807) is 0 Å². The van der Waals surface area contributed by atoms with Crippen LogP contribution in [-0.2, 0) is 11.2 Å². The van der Waals surface area contributed by atoms with Gasteiger partial charge < -0.3 is 10.4 Å². The highest BCUT2D eigenvalue weighted by molar-refractivity contribution is 5.92. The second-order valence-electron chi connectivity index (χ2n) is 5.19. The van der Waals surface area contributed by atoms with Crippen LogP contribution in [0.15, 0.2) is 48.5 Å². The van der Waals surface area contributed by atoms with Gasteiger partial charge in [0.25, 0.3) is 0 Å². The number of rotatable bonds is 6. The van der Waals surface area contributed by atoms with Crippen molar-refractivity contribution in [1.29, 1.82) is 0 Å². The first-order valence-corrected chi connectivity index (χ1v) is 7.38. The smallest absolute Gasteiger partial charge is 0.338 e. The molecule has 1 atom stereocenters. The molecule has 0 aliphatic heterocycles. The zero-order chi connectivity index (χ0) is 16.8. The second-order valence-corrected chi connectivity index (χ2v) is 5.19. The van der Waals surface area contributed by atoms with Crippen LogP contribution in [0.25, 0.3) is 0 Å². The summed E-state index contributed by atoms with van der Waals surface area (Å²) in [6.07, 6.45) is 0.521. The highest BCUT2D eigenvalue weighted by atomic mass is 19.1. The summed E-state index contributed by atoms with van der Waals surface area (Å²) in [6, 6.07) is 13.3. The molecule has 120 valence electrons. The molecule has 0 bridgehead atoms. The Bertz CT molecular complexity index is 701. The summed E-state index contributed by atoms with van der Waals surface area (Å²) in [7, 11) is 0. The van der Waals surface area contributed by atoms with E-state index in [1.165, 1.54) is 12.1 Å². The highest BCUT2D eigenvalue weighted by Crippen LogP contribution is 2.18. The number of carboxylic acid groups (broad SMARTS) is 1. The molecule has 2 aromatic carbocycles. The molecule has 0 heterocycles. The third-order valence-corrected chi connectivity index (χ3v) is 3.61. The lowest BCUT2D eigenvalue weighted by atomic mass is 10.0. The van der Waals surface area contributed by atoms with Gasteiger partial charge in [-0.3, -0.25) is 4.79 Å². The van der Waals surface area contributed by atoms with Crippen molar-refractivity contribution < 1.29 is 19.1 Å². The Morgan fingerprint density at radius 3 is 2.43 bits per heavy atom. The molecule has 23 heavy (non-hydrogen) atoms. The molecule has 2 aromatic rings. The Balaban J connectivity index is 2.14. The topological polar surface area (TPSA) is 66.4 Å². The molecule has 0 fully saturated rings. The number of carboxylic acids is 1. The van der Waals surface area contributed by atoms with Crippen LogP contribution in [0, 0.1) is 5.82 Å². The molecule has 4 nitrogen and oxygen atoms in total. The van der Waals surface area contributed by atoms with Gasteiger partial charge in [-0.2, -0.15) is 0 Å². The first-order valence-electron chi connectivity index (χ1n) is 7.38. The fourth-order valence-corrected chi connectivity index (χ4v) is 2.48. The van der Waals surface area contributed by atoms with Crippen molar-refractivity contribution in [1.82, 2.24) is 5.32 Å². The summed E-state index contributed by atoms with van der Waals surface area (Å²) in [5.74, 6) is -2.55. The fraction of sp³-hybridized carbons (Fsp3) is 0.222. The second kappa shape index (κ2) is 7.54. The van der Waals surface area contributed by atoms with Gasteiger partial charge >= 0.3 is 5.97 Å². The van der Waals surface area contributed by atoms with E-state index >= 15 is 0 Å². The van der Waals surface area contributed by atoms with Crippen molar-refractivity contribution in [3.63, 3.8) is 0 Å². The number of carbonyl (C=O) groups is 2. The van der Waals surface area contributed by atoms with Crippen LogP contribution < -0.4 is 5.32 Å². The molecule has 0 radical (unpaired) electrons. The van der Waals surface area contributed by atoms with Gasteiger partial charge in [-0.05, 0) is 23.6 Å². The average Bonchev–Trinajstić information content (AvgIpc) is 2.53. The number of halogens is 1. The van der Waals surface area contributed by atoms with Crippen molar-refractivity contribution in [2.45, 2.75) is 25.8 Å². The summed E-state index contributed by atoms with van der Waals surface area (Å²) in [5.41, 5.74) is 0.689. The lowest BCUT2D eigenvalue weighted by Crippen LogP contribution is -2.30. The normalized spacial score (nSPS) is 11.7. The van der Waals surface area contributed by atoms with Crippen molar-refractivity contribution in [2.75, 3.05) is 0 Å². The van der Waals surface area contributed by atoms with Crippen molar-refractivity contribution in [2.24, 2.45) is 0 Å². The first kappa shape index (κ1) is 16.7. The monoisotopic (exact) mass is 315 g/mol. The van der Waals surface area contributed by atoms with E-state index < -0.39 is 17.3 Å². The summed E-state index contributed by atoms with van der Waals surface area (Å²) >= 11 is 0. The highest BCUT2D eigenvalue weighted by Gasteiger charge is 2.19. The average molecular weight is 315 g/mol. The van der Waals surface area contributed by atoms with E-state index in [4.69, 9.17) is 5.11 Å². The predicted molar refractivity (Wildman–Crippen MR) is 84.7 cm³/mol. The zero-order valence-electron chi connectivity index (χ0n) is 12.8. The Kier molecular flexibility index (Phi) is 5.46. The number of hydrogen-bond donors (Lipinski definition) is 2. The quantitative estimate of drug-likeness (QED) is 0.859. The largest absolute Gasteiger partial charge is 0.478 e. The molecule has 0 unspecified atom stereocenters. The molecule has 0 aliphatic carbocycles. The molecule has 5 heteroatoms. The third kappa shape index (κ3) is 4.16. The number of hydrogen-bond acceptors (Lipinski definition) is 2. The molecule has 1 amide bonds. The van der Waals surface area contributed by atoms with E-state index in [9.17, 15) is 14.0 Å². The van der Waals surface area contributed by atoms with Crippen LogP contribution in [-0.4, -0.2) is 17.0 Å². The minimum atomic E-state index is -1.37. The van der Waals surface area contributed by atoms with E-state index in [-0.39, 0.29) is 23.9 Å². The SMILES string of the molecule is CC[C@H](NC(=O)Cc1cccc(F)c1C(=O)O)c1ccccc1. The Labute approximate surface area is 134 Å². The van der Waals surface area contributed by atoms with Gasteiger partial charge in [0.15, 0.2) is 0 Å². The van der Waals surface area contributed by atoms with Crippen molar-refractivity contribution in [3.05, 3.63) is 71.0 Å². The van der Waals surface area contributed by atoms with Crippen molar-refractivity contribution >= 4 is 11.9 Å². The van der Waals surface area contributed by atoms with Gasteiger partial charge in [0, 0.05) is 0 Å². The van der Waals surface area contributed by atoms with Crippen molar-refractivity contribution in [3.8, 4) is 0 Å². The minimum Gasteiger partial charge on any atom is -0.478 e. The summed E-state index contributed by atoms with van der Waals surface area (Å²) in [6.45, 7) is 1.95. The van der Waals surface area contributed by atoms with Gasteiger partial charge in [-0.25, -0.2) is 9.18 Å². The van der Waals surface area contributed by atoms with E-state index in [0.717, 1.165) is 11.6 Å². The van der Waals surface area contributed by atoms with Gasteiger partial charge in [0.1, 0.15) is 5.82 Å². The van der Waals surface area contributed by atoms with Crippen LogP contribution in [0.4, 0.5) is 4.39 Å². The van der Waals surface area contributed by atoms with E-state index in [2.05, 4.69) is 5.32 Å². The third-order valence-electron chi connectivity index (χ3n) is 3.61. The van der Waals surface area contributed by atoms with Crippen LogP contribution in [0.2, 0.25) is 0 Å². The lowest BCUT2D eigenvalue weighted by Gasteiger charge is -2.18. The Hall–Kier alpha value is -2.69. The number of nitrogens with one attached hydrogen (secondary N) is 1. The lowest BCUT2D eigenvalue weighted by molar-refractivity contribution is -0.121. The van der Waals surface area contributed by atoms with Crippen LogP contribution in [0.3, 0.4) is 0 Å². The Morgan fingerprint density at radius 1 is 1.13 bits per heavy atom. The Morgan fingerprint density at radius 2 is 1.83 bits per heavy atom. The maximum absolute atomic E-state index is 13.6.